The summed E-state index contributed by atoms with van der Waals surface area (Å²) in [4.78, 5) is 24.3. The number of benzene rings is 2. The summed E-state index contributed by atoms with van der Waals surface area (Å²) in [5, 5.41) is 12.6. The van der Waals surface area contributed by atoms with Crippen LogP contribution in [0.2, 0.25) is 0 Å². The van der Waals surface area contributed by atoms with Gasteiger partial charge in [-0.25, -0.2) is 14.4 Å². The quantitative estimate of drug-likeness (QED) is 0.260. The van der Waals surface area contributed by atoms with E-state index < -0.39 is 30.0 Å². The highest BCUT2D eigenvalue weighted by atomic mass is 79.9. The average Bonchev–Trinajstić information content (AvgIpc) is 2.86. The molecule has 1 atom stereocenters. The average molecular weight is 577 g/mol. The van der Waals surface area contributed by atoms with Crippen molar-refractivity contribution in [3.05, 3.63) is 91.2 Å². The van der Waals surface area contributed by atoms with Gasteiger partial charge in [-0.05, 0) is 65.5 Å². The number of rotatable bonds is 8. The van der Waals surface area contributed by atoms with E-state index in [0.717, 1.165) is 11.6 Å². The first-order valence-corrected chi connectivity index (χ1v) is 12.1. The van der Waals surface area contributed by atoms with Crippen LogP contribution in [-0.4, -0.2) is 33.8 Å². The molecule has 11 heteroatoms. The zero-order valence-corrected chi connectivity index (χ0v) is 21.8. The number of aryl methyl sites for hydroxylation is 1. The fraction of sp³-hybridized carbons (Fsp3) is 0.269. The third-order valence-corrected chi connectivity index (χ3v) is 6.84. The number of hydrogen-bond acceptors (Lipinski definition) is 6. The molecule has 0 amide bonds. The van der Waals surface area contributed by atoms with Gasteiger partial charge in [-0.15, -0.1) is 0 Å². The summed E-state index contributed by atoms with van der Waals surface area (Å²) < 4.78 is 48.8. The molecule has 0 unspecified atom stereocenters. The van der Waals surface area contributed by atoms with E-state index in [1.165, 1.54) is 12.1 Å². The first-order chi connectivity index (χ1) is 17.6. The first kappa shape index (κ1) is 26.6. The summed E-state index contributed by atoms with van der Waals surface area (Å²) in [6.45, 7) is 1.73. The van der Waals surface area contributed by atoms with E-state index in [1.807, 2.05) is 12.1 Å². The van der Waals surface area contributed by atoms with E-state index in [2.05, 4.69) is 36.2 Å². The minimum atomic E-state index is -3.73. The van der Waals surface area contributed by atoms with Gasteiger partial charge in [-0.2, -0.15) is 8.78 Å². The number of H-pyrrole nitrogens is 1. The number of nitrogens with zero attached hydrogens (tertiary/aromatic N) is 2. The molecule has 2 heterocycles. The number of nitrogens with one attached hydrogen (secondary N) is 2. The van der Waals surface area contributed by atoms with Crippen LogP contribution >= 0.6 is 15.9 Å². The topological polar surface area (TPSA) is 100 Å². The highest BCUT2D eigenvalue weighted by Crippen LogP contribution is 2.35. The van der Waals surface area contributed by atoms with Crippen molar-refractivity contribution in [3.8, 4) is 5.75 Å². The first-order valence-electron chi connectivity index (χ1n) is 11.3. The second-order valence-electron chi connectivity index (χ2n) is 8.55. The molecule has 0 aliphatic carbocycles. The molecule has 0 radical (unpaired) electrons. The van der Waals surface area contributed by atoms with Crippen molar-refractivity contribution in [1.29, 1.82) is 0 Å². The van der Waals surface area contributed by atoms with Gasteiger partial charge in [0.1, 0.15) is 35.5 Å². The number of aliphatic hydroxyl groups excluding tert-OH is 1. The summed E-state index contributed by atoms with van der Waals surface area (Å²) in [6.07, 6.45) is 0.340. The molecule has 4 rings (SSSR count). The van der Waals surface area contributed by atoms with Gasteiger partial charge >= 0.3 is 0 Å². The molecular formula is C26H24BrF3N4O3. The molecule has 0 spiro atoms. The van der Waals surface area contributed by atoms with E-state index in [0.29, 0.717) is 34.8 Å². The standard InChI is InChI=1S/C26H24BrF3N4O3/c1-13(17-5-4-6-19(22(17)28)26(29,30)12-35)31-23-20-18(11-15-7-9-16(37-3)10-8-15)21(27)25(36)34-24(20)33-14(2)32-23/h4-10,13,35H,11-12H2,1-3H3,(H2,31,32,33,34,36)/t13-/m1/s1. The van der Waals surface area contributed by atoms with Gasteiger partial charge in [0.05, 0.1) is 28.6 Å². The van der Waals surface area contributed by atoms with Crippen molar-refractivity contribution >= 4 is 32.8 Å². The van der Waals surface area contributed by atoms with Gasteiger partial charge in [0.2, 0.25) is 0 Å². The van der Waals surface area contributed by atoms with Crippen LogP contribution in [0.25, 0.3) is 11.0 Å². The molecule has 4 aromatic rings. The molecule has 2 aromatic heterocycles. The van der Waals surface area contributed by atoms with E-state index >= 15 is 4.39 Å². The lowest BCUT2D eigenvalue weighted by Crippen LogP contribution is -2.22. The number of ether oxygens (including phenoxy) is 1. The Morgan fingerprint density at radius 1 is 1.19 bits per heavy atom. The smallest absolute Gasteiger partial charge is 0.298 e. The summed E-state index contributed by atoms with van der Waals surface area (Å²) >= 11 is 3.38. The molecule has 0 fully saturated rings. The molecule has 7 nitrogen and oxygen atoms in total. The van der Waals surface area contributed by atoms with Crippen molar-refractivity contribution in [2.45, 2.75) is 32.2 Å². The van der Waals surface area contributed by atoms with Gasteiger partial charge in [0, 0.05) is 5.56 Å². The van der Waals surface area contributed by atoms with Crippen molar-refractivity contribution in [2.24, 2.45) is 0 Å². The number of alkyl halides is 2. The molecule has 0 saturated carbocycles. The number of aromatic nitrogens is 3. The van der Waals surface area contributed by atoms with Crippen LogP contribution in [0.15, 0.2) is 51.7 Å². The number of fused-ring (bicyclic) bond motifs is 1. The van der Waals surface area contributed by atoms with Crippen molar-refractivity contribution in [1.82, 2.24) is 15.0 Å². The molecule has 0 aliphatic heterocycles. The number of aliphatic hydroxyl groups is 1. The molecule has 3 N–H and O–H groups in total. The highest BCUT2D eigenvalue weighted by molar-refractivity contribution is 9.10. The number of pyridine rings is 1. The van der Waals surface area contributed by atoms with Gasteiger partial charge in [0.25, 0.3) is 11.5 Å². The summed E-state index contributed by atoms with van der Waals surface area (Å²) in [7, 11) is 1.57. The molecule has 37 heavy (non-hydrogen) atoms. The Morgan fingerprint density at radius 2 is 1.89 bits per heavy atom. The Bertz CT molecular complexity index is 1510. The lowest BCUT2D eigenvalue weighted by atomic mass is 9.99. The number of halogens is 4. The fourth-order valence-corrected chi connectivity index (χ4v) is 4.55. The van der Waals surface area contributed by atoms with E-state index in [9.17, 15) is 13.6 Å². The number of methoxy groups -OCH3 is 1. The van der Waals surface area contributed by atoms with Crippen molar-refractivity contribution < 1.29 is 23.0 Å². The third kappa shape index (κ3) is 5.33. The molecular weight excluding hydrogens is 553 g/mol. The van der Waals surface area contributed by atoms with Gasteiger partial charge in [-0.1, -0.05) is 24.3 Å². The summed E-state index contributed by atoms with van der Waals surface area (Å²) in [6, 6.07) is 10.2. The maximum Gasteiger partial charge on any atom is 0.298 e. The Balaban J connectivity index is 1.82. The third-order valence-electron chi connectivity index (χ3n) is 6.00. The van der Waals surface area contributed by atoms with Crippen LogP contribution in [0.4, 0.5) is 19.0 Å². The zero-order valence-electron chi connectivity index (χ0n) is 20.2. The molecule has 0 aliphatic rings. The van der Waals surface area contributed by atoms with Gasteiger partial charge in [0.15, 0.2) is 0 Å². The Labute approximate surface area is 218 Å². The lowest BCUT2D eigenvalue weighted by Gasteiger charge is -2.21. The minimum absolute atomic E-state index is 0.0322. The van der Waals surface area contributed by atoms with E-state index in [4.69, 9.17) is 9.84 Å². The summed E-state index contributed by atoms with van der Waals surface area (Å²) in [5.41, 5.74) is 0.461. The van der Waals surface area contributed by atoms with Gasteiger partial charge in [-0.3, -0.25) is 4.79 Å². The van der Waals surface area contributed by atoms with Crippen LogP contribution in [0.5, 0.6) is 5.75 Å². The zero-order chi connectivity index (χ0) is 26.9. The molecule has 2 aromatic carbocycles. The van der Waals surface area contributed by atoms with Gasteiger partial charge < -0.3 is 20.1 Å². The summed E-state index contributed by atoms with van der Waals surface area (Å²) in [5.74, 6) is -3.52. The monoisotopic (exact) mass is 576 g/mol. The van der Waals surface area contributed by atoms with E-state index in [1.54, 1.807) is 33.1 Å². The van der Waals surface area contributed by atoms with Crippen molar-refractivity contribution in [2.75, 3.05) is 19.0 Å². The number of aromatic amines is 1. The number of hydrogen-bond donors (Lipinski definition) is 3. The van der Waals surface area contributed by atoms with Crippen LogP contribution in [0.3, 0.4) is 0 Å². The molecule has 194 valence electrons. The molecule has 0 saturated heterocycles. The Hall–Kier alpha value is -3.44. The largest absolute Gasteiger partial charge is 0.497 e. The molecule has 0 bridgehead atoms. The van der Waals surface area contributed by atoms with E-state index in [-0.39, 0.29) is 21.2 Å². The fourth-order valence-electron chi connectivity index (χ4n) is 4.11. The normalized spacial score (nSPS) is 12.5. The minimum Gasteiger partial charge on any atom is -0.497 e. The SMILES string of the molecule is COc1ccc(Cc2c(Br)c(=O)[nH]c3nc(C)nc(N[C@H](C)c4cccc(C(F)(F)CO)c4F)c23)cc1. The maximum atomic E-state index is 15.1. The predicted molar refractivity (Wildman–Crippen MR) is 138 cm³/mol. The predicted octanol–water partition coefficient (Wildman–Crippen LogP) is 5.38. The Kier molecular flexibility index (Phi) is 7.56. The van der Waals surface area contributed by atoms with Crippen LogP contribution < -0.4 is 15.6 Å². The lowest BCUT2D eigenvalue weighted by molar-refractivity contribution is -0.0583. The van der Waals surface area contributed by atoms with Crippen LogP contribution in [0, 0.1) is 12.7 Å². The van der Waals surface area contributed by atoms with Crippen LogP contribution in [-0.2, 0) is 12.3 Å². The highest BCUT2D eigenvalue weighted by Gasteiger charge is 2.35. The maximum absolute atomic E-state index is 15.1. The second kappa shape index (κ2) is 10.5. The van der Waals surface area contributed by atoms with Crippen LogP contribution in [0.1, 0.15) is 41.0 Å². The number of anilines is 1. The Morgan fingerprint density at radius 3 is 2.54 bits per heavy atom. The second-order valence-corrected chi connectivity index (χ2v) is 9.34. The van der Waals surface area contributed by atoms with Crippen molar-refractivity contribution in [3.63, 3.8) is 0 Å².